The Hall–Kier alpha value is -2.32. The fourth-order valence-electron chi connectivity index (χ4n) is 1.40. The van der Waals surface area contributed by atoms with Crippen molar-refractivity contribution in [1.29, 1.82) is 0 Å². The van der Waals surface area contributed by atoms with Gasteiger partial charge in [0.15, 0.2) is 5.78 Å². The molecule has 16 heavy (non-hydrogen) atoms. The molecule has 0 unspecified atom stereocenters. The van der Waals surface area contributed by atoms with Crippen LogP contribution in [0.1, 0.15) is 0 Å². The minimum Gasteiger partial charge on any atom is -0.394 e. The SMILES string of the molecule is Nc1cccn(CC2=C=CC(=O)C=C2)c1=O. The summed E-state index contributed by atoms with van der Waals surface area (Å²) in [5, 5.41) is 0. The zero-order valence-electron chi connectivity index (χ0n) is 8.51. The molecule has 0 saturated carbocycles. The summed E-state index contributed by atoms with van der Waals surface area (Å²) in [4.78, 5) is 22.5. The quantitative estimate of drug-likeness (QED) is 0.735. The Balaban J connectivity index is 2.33. The van der Waals surface area contributed by atoms with Gasteiger partial charge in [0.1, 0.15) is 0 Å². The molecule has 0 fully saturated rings. The van der Waals surface area contributed by atoms with Crippen LogP contribution in [0.15, 0.2) is 52.7 Å². The molecule has 1 aliphatic carbocycles. The van der Waals surface area contributed by atoms with Crippen LogP contribution in [0.25, 0.3) is 0 Å². The molecule has 0 atom stereocenters. The third-order valence-electron chi connectivity index (χ3n) is 2.24. The first-order valence-corrected chi connectivity index (χ1v) is 4.79. The van der Waals surface area contributed by atoms with Crippen LogP contribution in [0.4, 0.5) is 5.69 Å². The van der Waals surface area contributed by atoms with Crippen LogP contribution in [0.5, 0.6) is 0 Å². The van der Waals surface area contributed by atoms with Gasteiger partial charge in [-0.25, -0.2) is 0 Å². The molecule has 0 bridgehead atoms. The largest absolute Gasteiger partial charge is 0.394 e. The Bertz CT molecular complexity index is 587. The molecule has 2 rings (SSSR count). The van der Waals surface area contributed by atoms with Crippen LogP contribution in [-0.4, -0.2) is 10.4 Å². The molecule has 1 aromatic heterocycles. The van der Waals surface area contributed by atoms with Crippen molar-refractivity contribution in [2.24, 2.45) is 0 Å². The number of carbonyl (C=O) groups is 1. The van der Waals surface area contributed by atoms with Crippen molar-refractivity contribution in [2.45, 2.75) is 6.54 Å². The van der Waals surface area contributed by atoms with Crippen molar-refractivity contribution in [3.05, 3.63) is 58.2 Å². The number of anilines is 1. The normalized spacial score (nSPS) is 14.0. The second-order valence-electron chi connectivity index (χ2n) is 3.45. The van der Waals surface area contributed by atoms with E-state index in [1.54, 1.807) is 24.4 Å². The average molecular weight is 214 g/mol. The van der Waals surface area contributed by atoms with Gasteiger partial charge in [-0.1, -0.05) is 0 Å². The number of nitrogens with zero attached hydrogens (tertiary/aromatic N) is 1. The first-order chi connectivity index (χ1) is 7.66. The van der Waals surface area contributed by atoms with Crippen LogP contribution in [0.3, 0.4) is 0 Å². The summed E-state index contributed by atoms with van der Waals surface area (Å²) in [6, 6.07) is 3.27. The van der Waals surface area contributed by atoms with Crippen molar-refractivity contribution >= 4 is 11.5 Å². The highest BCUT2D eigenvalue weighted by Crippen LogP contribution is 2.04. The average Bonchev–Trinajstić information content (AvgIpc) is 2.28. The minimum absolute atomic E-state index is 0.0938. The van der Waals surface area contributed by atoms with E-state index >= 15 is 0 Å². The summed E-state index contributed by atoms with van der Waals surface area (Å²) in [7, 11) is 0. The molecule has 0 saturated heterocycles. The number of nitrogen functional groups attached to an aromatic ring is 1. The van der Waals surface area contributed by atoms with E-state index in [9.17, 15) is 9.59 Å². The van der Waals surface area contributed by atoms with Gasteiger partial charge in [-0.15, -0.1) is 5.73 Å². The third kappa shape index (κ3) is 2.02. The molecule has 0 radical (unpaired) electrons. The molecule has 1 aliphatic rings. The predicted molar refractivity (Wildman–Crippen MR) is 60.9 cm³/mol. The van der Waals surface area contributed by atoms with E-state index in [-0.39, 0.29) is 17.0 Å². The standard InChI is InChI=1S/C12H10N2O2/c13-11-2-1-7-14(12(11)16)8-9-3-5-10(15)6-4-9/h1-3,5-7H,8,13H2. The van der Waals surface area contributed by atoms with Crippen molar-refractivity contribution in [1.82, 2.24) is 4.57 Å². The minimum atomic E-state index is -0.234. The summed E-state index contributed by atoms with van der Waals surface area (Å²) in [6.45, 7) is 0.365. The maximum Gasteiger partial charge on any atom is 0.273 e. The van der Waals surface area contributed by atoms with Crippen molar-refractivity contribution in [3.63, 3.8) is 0 Å². The molecule has 0 aliphatic heterocycles. The molecule has 0 aromatic carbocycles. The lowest BCUT2D eigenvalue weighted by Gasteiger charge is -2.06. The van der Waals surface area contributed by atoms with Crippen LogP contribution in [-0.2, 0) is 11.3 Å². The molecule has 2 N–H and O–H groups in total. The van der Waals surface area contributed by atoms with Gasteiger partial charge < -0.3 is 10.3 Å². The van der Waals surface area contributed by atoms with E-state index in [1.165, 1.54) is 16.7 Å². The second-order valence-corrected chi connectivity index (χ2v) is 3.45. The molecule has 0 amide bonds. The summed E-state index contributed by atoms with van der Waals surface area (Å²) >= 11 is 0. The number of hydrogen-bond acceptors (Lipinski definition) is 3. The highest BCUT2D eigenvalue weighted by Gasteiger charge is 2.03. The molecule has 80 valence electrons. The summed E-state index contributed by atoms with van der Waals surface area (Å²) in [5.41, 5.74) is 9.07. The fourth-order valence-corrected chi connectivity index (χ4v) is 1.40. The van der Waals surface area contributed by atoms with Crippen molar-refractivity contribution in [3.8, 4) is 0 Å². The number of ketones is 1. The van der Waals surface area contributed by atoms with Gasteiger partial charge in [0.25, 0.3) is 5.56 Å². The number of pyridine rings is 1. The molecular formula is C12H10N2O2. The van der Waals surface area contributed by atoms with E-state index in [4.69, 9.17) is 5.73 Å². The predicted octanol–water partition coefficient (Wildman–Crippen LogP) is 0.651. The van der Waals surface area contributed by atoms with Gasteiger partial charge in [0, 0.05) is 17.8 Å². The van der Waals surface area contributed by atoms with Gasteiger partial charge in [-0.05, 0) is 24.3 Å². The number of allylic oxidation sites excluding steroid dienone is 3. The van der Waals surface area contributed by atoms with Gasteiger partial charge >= 0.3 is 0 Å². The zero-order valence-corrected chi connectivity index (χ0v) is 8.51. The number of aromatic nitrogens is 1. The first-order valence-electron chi connectivity index (χ1n) is 4.79. The van der Waals surface area contributed by atoms with Crippen LogP contribution in [0, 0.1) is 0 Å². The van der Waals surface area contributed by atoms with Crippen LogP contribution in [0.2, 0.25) is 0 Å². The van der Waals surface area contributed by atoms with E-state index < -0.39 is 0 Å². The van der Waals surface area contributed by atoms with E-state index in [2.05, 4.69) is 5.73 Å². The lowest BCUT2D eigenvalue weighted by Crippen LogP contribution is -2.22. The third-order valence-corrected chi connectivity index (χ3v) is 2.24. The molecule has 4 heteroatoms. The van der Waals surface area contributed by atoms with E-state index in [0.717, 1.165) is 5.57 Å². The van der Waals surface area contributed by atoms with Crippen molar-refractivity contribution in [2.75, 3.05) is 5.73 Å². The number of rotatable bonds is 2. The Morgan fingerprint density at radius 2 is 2.12 bits per heavy atom. The molecule has 1 aromatic rings. The topological polar surface area (TPSA) is 65.1 Å². The van der Waals surface area contributed by atoms with Gasteiger partial charge in [-0.2, -0.15) is 0 Å². The molecular weight excluding hydrogens is 204 g/mol. The summed E-state index contributed by atoms with van der Waals surface area (Å²) in [5.74, 6) is -0.0938. The van der Waals surface area contributed by atoms with E-state index in [1.807, 2.05) is 0 Å². The van der Waals surface area contributed by atoms with Gasteiger partial charge in [0.05, 0.1) is 12.2 Å². The molecule has 0 spiro atoms. The van der Waals surface area contributed by atoms with Crippen LogP contribution >= 0.6 is 0 Å². The first kappa shape index (κ1) is 10.2. The number of nitrogens with two attached hydrogens (primary N) is 1. The van der Waals surface area contributed by atoms with Gasteiger partial charge in [0.2, 0.25) is 0 Å². The monoisotopic (exact) mass is 214 g/mol. The highest BCUT2D eigenvalue weighted by molar-refractivity contribution is 6.00. The lowest BCUT2D eigenvalue weighted by molar-refractivity contribution is -0.110. The molecule has 4 nitrogen and oxygen atoms in total. The van der Waals surface area contributed by atoms with E-state index in [0.29, 0.717) is 6.54 Å². The Morgan fingerprint density at radius 1 is 1.31 bits per heavy atom. The Morgan fingerprint density at radius 3 is 2.81 bits per heavy atom. The maximum absolute atomic E-state index is 11.6. The maximum atomic E-state index is 11.6. The number of hydrogen-bond donors (Lipinski definition) is 1. The Kier molecular flexibility index (Phi) is 2.58. The lowest BCUT2D eigenvalue weighted by atomic mass is 10.1. The smallest absolute Gasteiger partial charge is 0.273 e. The van der Waals surface area contributed by atoms with Crippen LogP contribution < -0.4 is 11.3 Å². The Labute approximate surface area is 92.0 Å². The number of carbonyl (C=O) groups excluding carboxylic acids is 1. The molecule has 1 heterocycles. The van der Waals surface area contributed by atoms with Gasteiger partial charge in [-0.3, -0.25) is 9.59 Å². The van der Waals surface area contributed by atoms with Crippen molar-refractivity contribution < 1.29 is 4.79 Å². The summed E-state index contributed by atoms with van der Waals surface area (Å²) in [6.07, 6.45) is 6.10. The fraction of sp³-hybridized carbons (Fsp3) is 0.0833. The second kappa shape index (κ2) is 4.04. The highest BCUT2D eigenvalue weighted by atomic mass is 16.1. The zero-order chi connectivity index (χ0) is 11.5. The summed E-state index contributed by atoms with van der Waals surface area (Å²) < 4.78 is 1.48.